The summed E-state index contributed by atoms with van der Waals surface area (Å²) in [5.74, 6) is 0. The Hall–Kier alpha value is -0.300. The largest absolute Gasteiger partial charge is 0.327 e. The van der Waals surface area contributed by atoms with Crippen LogP contribution in [0.4, 0.5) is 0 Å². The molecule has 0 aliphatic heterocycles. The summed E-state index contributed by atoms with van der Waals surface area (Å²) in [6.07, 6.45) is 2.78. The normalized spacial score (nSPS) is 15.1. The van der Waals surface area contributed by atoms with Crippen molar-refractivity contribution >= 4 is 0 Å². The second-order valence-corrected chi connectivity index (χ2v) is 3.50. The molecule has 0 aromatic rings. The molecule has 0 amide bonds. The fourth-order valence-corrected chi connectivity index (χ4v) is 0.533. The van der Waals surface area contributed by atoms with Crippen molar-refractivity contribution < 1.29 is 0 Å². The third-order valence-corrected chi connectivity index (χ3v) is 1.53. The summed E-state index contributed by atoms with van der Waals surface area (Å²) >= 11 is 0. The maximum Gasteiger partial charge on any atom is 0.0122 e. The van der Waals surface area contributed by atoms with Crippen molar-refractivity contribution in [2.24, 2.45) is 11.1 Å². The van der Waals surface area contributed by atoms with Gasteiger partial charge in [0.25, 0.3) is 0 Å². The van der Waals surface area contributed by atoms with Crippen LogP contribution >= 0.6 is 0 Å². The first-order chi connectivity index (χ1) is 3.98. The SMILES string of the molecule is C=CCC(N)C(C)(C)C. The first kappa shape index (κ1) is 8.70. The Balaban J connectivity index is 3.72. The van der Waals surface area contributed by atoms with Gasteiger partial charge in [-0.05, 0) is 11.8 Å². The maximum atomic E-state index is 5.79. The van der Waals surface area contributed by atoms with Crippen molar-refractivity contribution in [3.8, 4) is 0 Å². The van der Waals surface area contributed by atoms with Gasteiger partial charge in [-0.25, -0.2) is 0 Å². The van der Waals surface area contributed by atoms with Crippen LogP contribution in [0.25, 0.3) is 0 Å². The molecule has 0 bridgehead atoms. The molecule has 1 atom stereocenters. The smallest absolute Gasteiger partial charge is 0.0122 e. The van der Waals surface area contributed by atoms with Crippen LogP contribution in [-0.2, 0) is 0 Å². The minimum absolute atomic E-state index is 0.216. The van der Waals surface area contributed by atoms with E-state index in [4.69, 9.17) is 5.73 Å². The number of hydrogen-bond donors (Lipinski definition) is 1. The average molecular weight is 127 g/mol. The Morgan fingerprint density at radius 3 is 2.11 bits per heavy atom. The van der Waals surface area contributed by atoms with Gasteiger partial charge in [0.1, 0.15) is 0 Å². The zero-order valence-corrected chi connectivity index (χ0v) is 6.65. The number of nitrogens with two attached hydrogens (primary N) is 1. The fourth-order valence-electron chi connectivity index (χ4n) is 0.533. The predicted molar refractivity (Wildman–Crippen MR) is 42.2 cm³/mol. The standard InChI is InChI=1S/C8H17N/c1-5-6-7(9)8(2,3)4/h5,7H,1,6,9H2,2-4H3. The first-order valence-electron chi connectivity index (χ1n) is 3.35. The summed E-state index contributed by atoms with van der Waals surface area (Å²) in [5, 5.41) is 0. The first-order valence-corrected chi connectivity index (χ1v) is 3.35. The topological polar surface area (TPSA) is 26.0 Å². The second-order valence-electron chi connectivity index (χ2n) is 3.50. The van der Waals surface area contributed by atoms with Crippen LogP contribution in [0, 0.1) is 5.41 Å². The Kier molecular flexibility index (Phi) is 2.92. The van der Waals surface area contributed by atoms with Crippen LogP contribution in [0.3, 0.4) is 0 Å². The van der Waals surface area contributed by atoms with Crippen LogP contribution in [0.1, 0.15) is 27.2 Å². The molecule has 0 fully saturated rings. The van der Waals surface area contributed by atoms with Crippen LogP contribution < -0.4 is 5.73 Å². The molecule has 0 rings (SSSR count). The van der Waals surface area contributed by atoms with Gasteiger partial charge in [0.15, 0.2) is 0 Å². The van der Waals surface area contributed by atoms with Gasteiger partial charge >= 0.3 is 0 Å². The van der Waals surface area contributed by atoms with Crippen molar-refractivity contribution in [1.82, 2.24) is 0 Å². The summed E-state index contributed by atoms with van der Waals surface area (Å²) in [5.41, 5.74) is 6.01. The molecule has 0 aromatic carbocycles. The number of hydrogen-bond acceptors (Lipinski definition) is 1. The van der Waals surface area contributed by atoms with Gasteiger partial charge in [-0.15, -0.1) is 6.58 Å². The molecular weight excluding hydrogens is 110 g/mol. The van der Waals surface area contributed by atoms with E-state index in [0.29, 0.717) is 0 Å². The zero-order valence-electron chi connectivity index (χ0n) is 6.65. The lowest BCUT2D eigenvalue weighted by Gasteiger charge is -2.25. The highest BCUT2D eigenvalue weighted by Gasteiger charge is 2.18. The lowest BCUT2D eigenvalue weighted by molar-refractivity contribution is 0.322. The molecule has 0 aromatic heterocycles. The van der Waals surface area contributed by atoms with Gasteiger partial charge in [0, 0.05) is 6.04 Å². The zero-order chi connectivity index (χ0) is 7.49. The molecule has 0 spiro atoms. The van der Waals surface area contributed by atoms with E-state index < -0.39 is 0 Å². The Labute approximate surface area is 57.9 Å². The summed E-state index contributed by atoms with van der Waals surface area (Å²) in [4.78, 5) is 0. The van der Waals surface area contributed by atoms with E-state index in [1.54, 1.807) is 0 Å². The van der Waals surface area contributed by atoms with Gasteiger partial charge in [-0.1, -0.05) is 26.8 Å². The quantitative estimate of drug-likeness (QED) is 0.564. The third-order valence-electron chi connectivity index (χ3n) is 1.53. The molecule has 0 saturated carbocycles. The highest BCUT2D eigenvalue weighted by molar-refractivity contribution is 4.83. The molecule has 0 aliphatic rings. The monoisotopic (exact) mass is 127 g/mol. The molecule has 1 nitrogen and oxygen atoms in total. The second kappa shape index (κ2) is 3.02. The predicted octanol–water partition coefficient (Wildman–Crippen LogP) is 1.94. The molecular formula is C8H17N. The van der Waals surface area contributed by atoms with Crippen LogP contribution in [0.15, 0.2) is 12.7 Å². The summed E-state index contributed by atoms with van der Waals surface area (Å²) in [6.45, 7) is 10.1. The highest BCUT2D eigenvalue weighted by Crippen LogP contribution is 2.19. The summed E-state index contributed by atoms with van der Waals surface area (Å²) in [7, 11) is 0. The Bertz CT molecular complexity index is 89.2. The van der Waals surface area contributed by atoms with E-state index >= 15 is 0 Å². The molecule has 2 N–H and O–H groups in total. The molecule has 1 heteroatoms. The molecule has 54 valence electrons. The lowest BCUT2D eigenvalue weighted by atomic mass is 9.86. The van der Waals surface area contributed by atoms with E-state index in [1.807, 2.05) is 6.08 Å². The molecule has 0 saturated heterocycles. The molecule has 9 heavy (non-hydrogen) atoms. The molecule has 0 aliphatic carbocycles. The van der Waals surface area contributed by atoms with Crippen molar-refractivity contribution in [2.45, 2.75) is 33.2 Å². The van der Waals surface area contributed by atoms with Crippen LogP contribution in [0.5, 0.6) is 0 Å². The summed E-state index contributed by atoms with van der Waals surface area (Å²) in [6, 6.07) is 0.245. The van der Waals surface area contributed by atoms with Crippen LogP contribution in [-0.4, -0.2) is 6.04 Å². The Morgan fingerprint density at radius 2 is 2.00 bits per heavy atom. The molecule has 0 heterocycles. The number of rotatable bonds is 2. The van der Waals surface area contributed by atoms with E-state index in [2.05, 4.69) is 27.4 Å². The van der Waals surface area contributed by atoms with Crippen molar-refractivity contribution in [1.29, 1.82) is 0 Å². The third kappa shape index (κ3) is 3.31. The average Bonchev–Trinajstić information content (AvgIpc) is 1.64. The minimum Gasteiger partial charge on any atom is -0.327 e. The lowest BCUT2D eigenvalue weighted by Crippen LogP contribution is -2.34. The fraction of sp³-hybridized carbons (Fsp3) is 0.750. The van der Waals surface area contributed by atoms with E-state index in [0.717, 1.165) is 6.42 Å². The summed E-state index contributed by atoms with van der Waals surface area (Å²) < 4.78 is 0. The maximum absolute atomic E-state index is 5.79. The van der Waals surface area contributed by atoms with Crippen LogP contribution in [0.2, 0.25) is 0 Å². The van der Waals surface area contributed by atoms with Gasteiger partial charge in [0.2, 0.25) is 0 Å². The van der Waals surface area contributed by atoms with Crippen molar-refractivity contribution in [3.05, 3.63) is 12.7 Å². The molecule has 1 unspecified atom stereocenters. The van der Waals surface area contributed by atoms with Gasteiger partial charge < -0.3 is 5.73 Å². The molecule has 0 radical (unpaired) electrons. The van der Waals surface area contributed by atoms with Crippen molar-refractivity contribution in [3.63, 3.8) is 0 Å². The Morgan fingerprint density at radius 1 is 1.56 bits per heavy atom. The highest BCUT2D eigenvalue weighted by atomic mass is 14.7. The van der Waals surface area contributed by atoms with E-state index in [-0.39, 0.29) is 11.5 Å². The van der Waals surface area contributed by atoms with E-state index in [1.165, 1.54) is 0 Å². The van der Waals surface area contributed by atoms with Gasteiger partial charge in [0.05, 0.1) is 0 Å². The van der Waals surface area contributed by atoms with Crippen molar-refractivity contribution in [2.75, 3.05) is 0 Å². The van der Waals surface area contributed by atoms with Gasteiger partial charge in [-0.3, -0.25) is 0 Å². The minimum atomic E-state index is 0.216. The van der Waals surface area contributed by atoms with Gasteiger partial charge in [-0.2, -0.15) is 0 Å². The van der Waals surface area contributed by atoms with E-state index in [9.17, 15) is 0 Å².